The molecule has 0 aromatic rings. The van der Waals surface area contributed by atoms with Crippen molar-refractivity contribution in [3.8, 4) is 0 Å². The zero-order valence-electron chi connectivity index (χ0n) is 8.01. The van der Waals surface area contributed by atoms with E-state index in [-0.39, 0.29) is 11.8 Å². The number of hydrogen-bond donors (Lipinski definition) is 1. The molecule has 13 heavy (non-hydrogen) atoms. The first-order valence-electron chi connectivity index (χ1n) is 4.78. The summed E-state index contributed by atoms with van der Waals surface area (Å²) in [7, 11) is 0. The summed E-state index contributed by atoms with van der Waals surface area (Å²) in [5.74, 6) is 0.263. The van der Waals surface area contributed by atoms with Crippen molar-refractivity contribution in [2.45, 2.75) is 26.2 Å². The maximum atomic E-state index is 11.4. The number of carbonyl (C=O) groups excluding carboxylic acids is 2. The lowest BCUT2D eigenvalue weighted by molar-refractivity contribution is -0.120. The van der Waals surface area contributed by atoms with Crippen LogP contribution in [0.25, 0.3) is 0 Å². The van der Waals surface area contributed by atoms with Crippen LogP contribution in [0.15, 0.2) is 0 Å². The number of likely N-dealkylation sites (tertiary alicyclic amines) is 1. The Hall–Kier alpha value is -1.06. The van der Waals surface area contributed by atoms with E-state index >= 15 is 0 Å². The molecular weight excluding hydrogens is 168 g/mol. The van der Waals surface area contributed by atoms with Crippen LogP contribution in [0.3, 0.4) is 0 Å². The summed E-state index contributed by atoms with van der Waals surface area (Å²) < 4.78 is 0. The molecular formula is C9H16N2O2. The second kappa shape index (κ2) is 4.84. The molecule has 74 valence electrons. The molecule has 0 unspecified atom stereocenters. The van der Waals surface area contributed by atoms with Gasteiger partial charge in [0.15, 0.2) is 0 Å². The fraction of sp³-hybridized carbons (Fsp3) is 0.778. The Labute approximate surface area is 78.3 Å². The fourth-order valence-corrected chi connectivity index (χ4v) is 1.30. The maximum absolute atomic E-state index is 11.4. The Bertz CT molecular complexity index is 194. The van der Waals surface area contributed by atoms with E-state index in [0.29, 0.717) is 32.5 Å². The normalized spacial score (nSPS) is 17.3. The van der Waals surface area contributed by atoms with Crippen LogP contribution in [-0.2, 0) is 4.79 Å². The monoisotopic (exact) mass is 184 g/mol. The van der Waals surface area contributed by atoms with E-state index in [9.17, 15) is 9.59 Å². The molecule has 4 nitrogen and oxygen atoms in total. The first kappa shape index (κ1) is 10.0. The summed E-state index contributed by atoms with van der Waals surface area (Å²) in [4.78, 5) is 24.0. The average molecular weight is 184 g/mol. The zero-order valence-corrected chi connectivity index (χ0v) is 8.01. The highest BCUT2D eigenvalue weighted by molar-refractivity contribution is 5.82. The van der Waals surface area contributed by atoms with E-state index in [1.165, 1.54) is 0 Å². The molecule has 0 radical (unpaired) electrons. The van der Waals surface area contributed by atoms with Crippen LogP contribution in [-0.4, -0.2) is 36.3 Å². The molecule has 0 bridgehead atoms. The average Bonchev–Trinajstić information content (AvgIpc) is 2.15. The summed E-state index contributed by atoms with van der Waals surface area (Å²) >= 11 is 0. The molecule has 1 saturated heterocycles. The van der Waals surface area contributed by atoms with Gasteiger partial charge in [-0.1, -0.05) is 6.92 Å². The van der Waals surface area contributed by atoms with Gasteiger partial charge in [-0.15, -0.1) is 0 Å². The van der Waals surface area contributed by atoms with Crippen molar-refractivity contribution in [1.29, 1.82) is 0 Å². The second-order valence-electron chi connectivity index (χ2n) is 3.26. The van der Waals surface area contributed by atoms with Crippen LogP contribution >= 0.6 is 0 Å². The first-order chi connectivity index (χ1) is 6.24. The summed E-state index contributed by atoms with van der Waals surface area (Å²) in [6.07, 6.45) is 1.97. The molecule has 0 aromatic carbocycles. The summed E-state index contributed by atoms with van der Waals surface area (Å²) in [6, 6.07) is -0.0330. The quantitative estimate of drug-likeness (QED) is 0.689. The number of hydrogen-bond acceptors (Lipinski definition) is 2. The zero-order chi connectivity index (χ0) is 9.68. The predicted molar refractivity (Wildman–Crippen MR) is 49.5 cm³/mol. The third kappa shape index (κ3) is 3.05. The molecule has 4 heteroatoms. The highest BCUT2D eigenvalue weighted by atomic mass is 16.2. The van der Waals surface area contributed by atoms with Gasteiger partial charge in [0, 0.05) is 32.5 Å². The molecule has 0 spiro atoms. The Kier molecular flexibility index (Phi) is 3.73. The van der Waals surface area contributed by atoms with Crippen molar-refractivity contribution in [3.63, 3.8) is 0 Å². The van der Waals surface area contributed by atoms with Gasteiger partial charge in [-0.25, -0.2) is 4.79 Å². The number of ketones is 1. The van der Waals surface area contributed by atoms with E-state index in [4.69, 9.17) is 0 Å². The topological polar surface area (TPSA) is 49.4 Å². The highest BCUT2D eigenvalue weighted by Gasteiger charge is 2.19. The number of piperidine rings is 1. The maximum Gasteiger partial charge on any atom is 0.317 e. The van der Waals surface area contributed by atoms with E-state index < -0.39 is 0 Å². The van der Waals surface area contributed by atoms with Crippen LogP contribution in [0.1, 0.15) is 26.2 Å². The smallest absolute Gasteiger partial charge is 0.317 e. The largest absolute Gasteiger partial charge is 0.338 e. The van der Waals surface area contributed by atoms with Crippen molar-refractivity contribution < 1.29 is 9.59 Å². The number of nitrogens with one attached hydrogen (secondary N) is 1. The van der Waals surface area contributed by atoms with Crippen LogP contribution in [0, 0.1) is 0 Å². The van der Waals surface area contributed by atoms with Crippen LogP contribution in [0.4, 0.5) is 4.79 Å². The lowest BCUT2D eigenvalue weighted by Crippen LogP contribution is -2.44. The van der Waals surface area contributed by atoms with Crippen molar-refractivity contribution in [3.05, 3.63) is 0 Å². The van der Waals surface area contributed by atoms with Crippen molar-refractivity contribution in [2.75, 3.05) is 19.6 Å². The number of Topliss-reactive ketones (excluding diaryl/α,β-unsaturated/α-hetero) is 1. The van der Waals surface area contributed by atoms with Gasteiger partial charge in [0.1, 0.15) is 5.78 Å². The minimum absolute atomic E-state index is 0.0330. The molecule has 0 aromatic heterocycles. The summed E-state index contributed by atoms with van der Waals surface area (Å²) in [5, 5.41) is 2.79. The third-order valence-electron chi connectivity index (χ3n) is 2.13. The minimum atomic E-state index is -0.0330. The number of nitrogens with zero attached hydrogens (tertiary/aromatic N) is 1. The predicted octanol–water partition coefficient (Wildman–Crippen LogP) is 0.771. The molecule has 0 aliphatic carbocycles. The second-order valence-corrected chi connectivity index (χ2v) is 3.26. The minimum Gasteiger partial charge on any atom is -0.338 e. The van der Waals surface area contributed by atoms with E-state index in [1.54, 1.807) is 4.90 Å². The Balaban J connectivity index is 2.27. The van der Waals surface area contributed by atoms with E-state index in [1.807, 2.05) is 6.92 Å². The van der Waals surface area contributed by atoms with Crippen LogP contribution < -0.4 is 5.32 Å². The SMILES string of the molecule is CCCNC(=O)N1CCC(=O)CC1. The fourth-order valence-electron chi connectivity index (χ4n) is 1.30. The molecule has 1 fully saturated rings. The molecule has 1 N–H and O–H groups in total. The Morgan fingerprint density at radius 3 is 2.62 bits per heavy atom. The standard InChI is InChI=1S/C9H16N2O2/c1-2-5-10-9(13)11-6-3-8(12)4-7-11/h2-7H2,1H3,(H,10,13). The number of carbonyl (C=O) groups is 2. The third-order valence-corrected chi connectivity index (χ3v) is 2.13. The Morgan fingerprint density at radius 1 is 1.46 bits per heavy atom. The van der Waals surface area contributed by atoms with Gasteiger partial charge in [-0.05, 0) is 6.42 Å². The lowest BCUT2D eigenvalue weighted by Gasteiger charge is -2.26. The molecule has 0 saturated carbocycles. The van der Waals surface area contributed by atoms with Crippen LogP contribution in [0.2, 0.25) is 0 Å². The van der Waals surface area contributed by atoms with Crippen molar-refractivity contribution in [2.24, 2.45) is 0 Å². The molecule has 1 heterocycles. The van der Waals surface area contributed by atoms with E-state index in [0.717, 1.165) is 6.42 Å². The first-order valence-corrected chi connectivity index (χ1v) is 4.78. The van der Waals surface area contributed by atoms with Gasteiger partial charge in [-0.2, -0.15) is 0 Å². The molecule has 1 rings (SSSR count). The van der Waals surface area contributed by atoms with Gasteiger partial charge in [-0.3, -0.25) is 4.79 Å². The molecule has 1 aliphatic rings. The highest BCUT2D eigenvalue weighted by Crippen LogP contribution is 2.05. The van der Waals surface area contributed by atoms with Crippen molar-refractivity contribution >= 4 is 11.8 Å². The van der Waals surface area contributed by atoms with Gasteiger partial charge in [0.05, 0.1) is 0 Å². The van der Waals surface area contributed by atoms with Gasteiger partial charge in [0.25, 0.3) is 0 Å². The number of urea groups is 1. The lowest BCUT2D eigenvalue weighted by atomic mass is 10.1. The Morgan fingerprint density at radius 2 is 2.08 bits per heavy atom. The van der Waals surface area contributed by atoms with Gasteiger partial charge < -0.3 is 10.2 Å². The molecule has 2 amide bonds. The summed E-state index contributed by atoms with van der Waals surface area (Å²) in [6.45, 7) is 3.88. The van der Waals surface area contributed by atoms with Crippen LogP contribution in [0.5, 0.6) is 0 Å². The number of amides is 2. The summed E-state index contributed by atoms with van der Waals surface area (Å²) in [5.41, 5.74) is 0. The molecule has 1 aliphatic heterocycles. The van der Waals surface area contributed by atoms with Crippen molar-refractivity contribution in [1.82, 2.24) is 10.2 Å². The molecule has 0 atom stereocenters. The number of rotatable bonds is 2. The van der Waals surface area contributed by atoms with Gasteiger partial charge >= 0.3 is 6.03 Å². The van der Waals surface area contributed by atoms with E-state index in [2.05, 4.69) is 5.32 Å². The van der Waals surface area contributed by atoms with Gasteiger partial charge in [0.2, 0.25) is 0 Å².